The second-order valence-electron chi connectivity index (χ2n) is 4.00. The number of halogens is 1. The van der Waals surface area contributed by atoms with Crippen molar-refractivity contribution in [3.05, 3.63) is 28.8 Å². The van der Waals surface area contributed by atoms with Crippen molar-refractivity contribution in [2.24, 2.45) is 0 Å². The molecular weight excluding hydrogens is 222 g/mol. The average molecular weight is 242 g/mol. The van der Waals surface area contributed by atoms with Crippen LogP contribution in [0.15, 0.2) is 18.2 Å². The molecule has 0 spiro atoms. The van der Waals surface area contributed by atoms with Gasteiger partial charge in [-0.15, -0.1) is 0 Å². The zero-order valence-corrected chi connectivity index (χ0v) is 11.0. The van der Waals surface area contributed by atoms with Crippen molar-refractivity contribution in [2.75, 3.05) is 13.6 Å². The van der Waals surface area contributed by atoms with Crippen LogP contribution in [0, 0.1) is 6.92 Å². The molecule has 0 radical (unpaired) electrons. The normalized spacial score (nSPS) is 12.5. The molecule has 0 aliphatic carbocycles. The van der Waals surface area contributed by atoms with Gasteiger partial charge in [0.2, 0.25) is 0 Å². The summed E-state index contributed by atoms with van der Waals surface area (Å²) < 4.78 is 5.91. The molecule has 2 nitrogen and oxygen atoms in total. The molecule has 0 saturated carbocycles. The van der Waals surface area contributed by atoms with Crippen LogP contribution in [0.25, 0.3) is 0 Å². The zero-order chi connectivity index (χ0) is 12.0. The van der Waals surface area contributed by atoms with E-state index in [2.05, 4.69) is 12.2 Å². The summed E-state index contributed by atoms with van der Waals surface area (Å²) in [5.74, 6) is 0.899. The third kappa shape index (κ3) is 4.03. The minimum Gasteiger partial charge on any atom is -0.489 e. The largest absolute Gasteiger partial charge is 0.489 e. The Hall–Kier alpha value is -0.730. The highest BCUT2D eigenvalue weighted by molar-refractivity contribution is 6.31. The van der Waals surface area contributed by atoms with Crippen LogP contribution in [-0.2, 0) is 0 Å². The quantitative estimate of drug-likeness (QED) is 0.824. The lowest BCUT2D eigenvalue weighted by Gasteiger charge is -2.18. The molecule has 1 N–H and O–H groups in total. The number of rotatable bonds is 6. The average Bonchev–Trinajstić information content (AvgIpc) is 2.24. The molecule has 0 aliphatic heterocycles. The lowest BCUT2D eigenvalue weighted by atomic mass is 10.2. The Balaban J connectivity index is 2.65. The van der Waals surface area contributed by atoms with Crippen molar-refractivity contribution >= 4 is 11.6 Å². The molecule has 0 amide bonds. The fourth-order valence-electron chi connectivity index (χ4n) is 1.64. The number of nitrogens with one attached hydrogen (secondary N) is 1. The van der Waals surface area contributed by atoms with E-state index in [-0.39, 0.29) is 6.10 Å². The number of benzene rings is 1. The lowest BCUT2D eigenvalue weighted by molar-refractivity contribution is 0.189. The van der Waals surface area contributed by atoms with Crippen molar-refractivity contribution in [3.8, 4) is 5.75 Å². The van der Waals surface area contributed by atoms with E-state index in [4.69, 9.17) is 16.3 Å². The number of ether oxygens (including phenoxy) is 1. The third-order valence-electron chi connectivity index (χ3n) is 2.47. The number of likely N-dealkylation sites (N-methyl/N-ethyl adjacent to an activating group) is 1. The van der Waals surface area contributed by atoms with Gasteiger partial charge < -0.3 is 10.1 Å². The topological polar surface area (TPSA) is 21.3 Å². The Labute approximate surface area is 103 Å². The van der Waals surface area contributed by atoms with Crippen LogP contribution in [0.5, 0.6) is 5.75 Å². The Morgan fingerprint density at radius 1 is 1.44 bits per heavy atom. The van der Waals surface area contributed by atoms with Gasteiger partial charge in [-0.1, -0.05) is 24.9 Å². The van der Waals surface area contributed by atoms with Crippen LogP contribution in [0.4, 0.5) is 0 Å². The van der Waals surface area contributed by atoms with Crippen molar-refractivity contribution < 1.29 is 4.74 Å². The van der Waals surface area contributed by atoms with Gasteiger partial charge in [-0.3, -0.25) is 0 Å². The van der Waals surface area contributed by atoms with Crippen molar-refractivity contribution in [3.63, 3.8) is 0 Å². The molecule has 16 heavy (non-hydrogen) atoms. The van der Waals surface area contributed by atoms with Gasteiger partial charge >= 0.3 is 0 Å². The standard InChI is InChI=1S/C13H20ClNO/c1-4-5-12(9-15-3)16-11-6-7-13(14)10(2)8-11/h6-8,12,15H,4-5,9H2,1-3H3. The summed E-state index contributed by atoms with van der Waals surface area (Å²) in [4.78, 5) is 0. The van der Waals surface area contributed by atoms with E-state index in [1.807, 2.05) is 32.2 Å². The summed E-state index contributed by atoms with van der Waals surface area (Å²) in [5.41, 5.74) is 1.05. The Bertz CT molecular complexity index is 322. The maximum absolute atomic E-state index is 5.97. The van der Waals surface area contributed by atoms with Crippen molar-refractivity contribution in [2.45, 2.75) is 32.8 Å². The predicted octanol–water partition coefficient (Wildman–Crippen LogP) is 3.42. The fourth-order valence-corrected chi connectivity index (χ4v) is 1.75. The van der Waals surface area contributed by atoms with Crippen LogP contribution in [0.1, 0.15) is 25.3 Å². The zero-order valence-electron chi connectivity index (χ0n) is 10.2. The summed E-state index contributed by atoms with van der Waals surface area (Å²) >= 11 is 5.97. The van der Waals surface area contributed by atoms with Crippen molar-refractivity contribution in [1.82, 2.24) is 5.32 Å². The van der Waals surface area contributed by atoms with Crippen LogP contribution in [0.2, 0.25) is 5.02 Å². The molecule has 0 saturated heterocycles. The summed E-state index contributed by atoms with van der Waals surface area (Å²) in [6.45, 7) is 5.02. The highest BCUT2D eigenvalue weighted by Gasteiger charge is 2.08. The minimum atomic E-state index is 0.232. The number of hydrogen-bond acceptors (Lipinski definition) is 2. The van der Waals surface area contributed by atoms with Gasteiger partial charge in [0, 0.05) is 11.6 Å². The van der Waals surface area contributed by atoms with E-state index >= 15 is 0 Å². The molecule has 1 atom stereocenters. The maximum atomic E-state index is 5.97. The molecule has 0 aliphatic rings. The highest BCUT2D eigenvalue weighted by atomic mass is 35.5. The van der Waals surface area contributed by atoms with Crippen LogP contribution in [-0.4, -0.2) is 19.7 Å². The van der Waals surface area contributed by atoms with Gasteiger partial charge in [0.1, 0.15) is 11.9 Å². The highest BCUT2D eigenvalue weighted by Crippen LogP contribution is 2.22. The van der Waals surface area contributed by atoms with E-state index in [0.717, 1.165) is 35.7 Å². The summed E-state index contributed by atoms with van der Waals surface area (Å²) in [7, 11) is 1.94. The van der Waals surface area contributed by atoms with Crippen molar-refractivity contribution in [1.29, 1.82) is 0 Å². The van der Waals surface area contributed by atoms with Crippen LogP contribution >= 0.6 is 11.6 Å². The molecular formula is C13H20ClNO. The first kappa shape index (κ1) is 13.3. The molecule has 1 aromatic carbocycles. The van der Waals surface area contributed by atoms with Gasteiger partial charge in [0.15, 0.2) is 0 Å². The fraction of sp³-hybridized carbons (Fsp3) is 0.538. The third-order valence-corrected chi connectivity index (χ3v) is 2.90. The lowest BCUT2D eigenvalue weighted by Crippen LogP contribution is -2.29. The molecule has 1 unspecified atom stereocenters. The molecule has 3 heteroatoms. The van der Waals surface area contributed by atoms with Gasteiger partial charge in [0.05, 0.1) is 0 Å². The minimum absolute atomic E-state index is 0.232. The van der Waals surface area contributed by atoms with Gasteiger partial charge in [-0.2, -0.15) is 0 Å². The molecule has 0 heterocycles. The number of hydrogen-bond donors (Lipinski definition) is 1. The predicted molar refractivity (Wildman–Crippen MR) is 69.4 cm³/mol. The molecule has 0 bridgehead atoms. The van der Waals surface area contributed by atoms with E-state index in [0.29, 0.717) is 0 Å². The van der Waals surface area contributed by atoms with Crippen LogP contribution in [0.3, 0.4) is 0 Å². The monoisotopic (exact) mass is 241 g/mol. The molecule has 0 aromatic heterocycles. The molecule has 90 valence electrons. The second-order valence-corrected chi connectivity index (χ2v) is 4.40. The first-order valence-corrected chi connectivity index (χ1v) is 6.12. The van der Waals surface area contributed by atoms with E-state index < -0.39 is 0 Å². The number of aryl methyl sites for hydroxylation is 1. The Morgan fingerprint density at radius 2 is 2.19 bits per heavy atom. The Morgan fingerprint density at radius 3 is 2.75 bits per heavy atom. The first-order valence-electron chi connectivity index (χ1n) is 5.74. The maximum Gasteiger partial charge on any atom is 0.120 e. The first-order chi connectivity index (χ1) is 7.67. The smallest absolute Gasteiger partial charge is 0.120 e. The SMILES string of the molecule is CCCC(CNC)Oc1ccc(Cl)c(C)c1. The Kier molecular flexibility index (Phi) is 5.64. The van der Waals surface area contributed by atoms with Gasteiger partial charge in [-0.25, -0.2) is 0 Å². The summed E-state index contributed by atoms with van der Waals surface area (Å²) in [6, 6.07) is 5.79. The second kappa shape index (κ2) is 6.77. The van der Waals surface area contributed by atoms with E-state index in [9.17, 15) is 0 Å². The molecule has 1 aromatic rings. The van der Waals surface area contributed by atoms with E-state index in [1.54, 1.807) is 0 Å². The molecule has 1 rings (SSSR count). The summed E-state index contributed by atoms with van der Waals surface area (Å²) in [6.07, 6.45) is 2.41. The summed E-state index contributed by atoms with van der Waals surface area (Å²) in [5, 5.41) is 3.93. The van der Waals surface area contributed by atoms with Gasteiger partial charge in [-0.05, 0) is 44.2 Å². The van der Waals surface area contributed by atoms with E-state index in [1.165, 1.54) is 0 Å². The van der Waals surface area contributed by atoms with Gasteiger partial charge in [0.25, 0.3) is 0 Å². The molecule has 0 fully saturated rings. The van der Waals surface area contributed by atoms with Crippen LogP contribution < -0.4 is 10.1 Å².